The van der Waals surface area contributed by atoms with Crippen molar-refractivity contribution < 1.29 is 9.18 Å². The van der Waals surface area contributed by atoms with Gasteiger partial charge in [0.05, 0.1) is 11.7 Å². The number of aryl methyl sites for hydroxylation is 3. The summed E-state index contributed by atoms with van der Waals surface area (Å²) in [4.78, 5) is 36.0. The Hall–Kier alpha value is -2.68. The fraction of sp³-hybridized carbons (Fsp3) is 0.450. The number of aromatic nitrogens is 4. The number of hydrogen-bond acceptors (Lipinski definition) is 7. The van der Waals surface area contributed by atoms with Crippen molar-refractivity contribution in [2.24, 2.45) is 0 Å². The summed E-state index contributed by atoms with van der Waals surface area (Å²) in [7, 11) is 0. The number of anilines is 1. The Balaban J connectivity index is 1.54. The van der Waals surface area contributed by atoms with E-state index in [0.717, 1.165) is 28.6 Å². The van der Waals surface area contributed by atoms with Gasteiger partial charge >= 0.3 is 5.56 Å². The number of Topliss-reactive ketones (excluding diaryl/α,β-unsaturated/α-hetero) is 1. The molecule has 0 saturated carbocycles. The fourth-order valence-electron chi connectivity index (χ4n) is 3.60. The van der Waals surface area contributed by atoms with E-state index in [1.165, 1.54) is 11.3 Å². The van der Waals surface area contributed by atoms with Crippen molar-refractivity contribution in [3.05, 3.63) is 51.5 Å². The van der Waals surface area contributed by atoms with Crippen molar-refractivity contribution in [2.45, 2.75) is 52.0 Å². The van der Waals surface area contributed by atoms with Crippen LogP contribution >= 0.6 is 11.3 Å². The molecule has 4 rings (SSSR count). The number of rotatable bonds is 6. The van der Waals surface area contributed by atoms with Crippen LogP contribution in [0.3, 0.4) is 0 Å². The highest BCUT2D eigenvalue weighted by molar-refractivity contribution is 7.20. The SMILES string of the molecule is CCc1nc2sc(N3CCC[C@@H]3C(=O)CCc3ccc(C)cn3)nn2c(=O)c1F. The normalized spacial score (nSPS) is 16.7. The second-order valence-electron chi connectivity index (χ2n) is 7.25. The molecule has 7 nitrogen and oxygen atoms in total. The average molecular weight is 415 g/mol. The molecule has 3 aromatic heterocycles. The van der Waals surface area contributed by atoms with E-state index in [0.29, 0.717) is 35.9 Å². The summed E-state index contributed by atoms with van der Waals surface area (Å²) in [5, 5.41) is 4.81. The van der Waals surface area contributed by atoms with Gasteiger partial charge in [0.2, 0.25) is 15.9 Å². The Morgan fingerprint density at radius 3 is 2.93 bits per heavy atom. The molecule has 0 aliphatic carbocycles. The highest BCUT2D eigenvalue weighted by Crippen LogP contribution is 2.30. The van der Waals surface area contributed by atoms with Gasteiger partial charge in [0.1, 0.15) is 0 Å². The van der Waals surface area contributed by atoms with Crippen molar-refractivity contribution in [1.82, 2.24) is 19.6 Å². The van der Waals surface area contributed by atoms with Crippen LogP contribution in [0.5, 0.6) is 0 Å². The quantitative estimate of drug-likeness (QED) is 0.616. The highest BCUT2D eigenvalue weighted by Gasteiger charge is 2.33. The molecule has 4 heterocycles. The van der Waals surface area contributed by atoms with Crippen molar-refractivity contribution in [3.63, 3.8) is 0 Å². The lowest BCUT2D eigenvalue weighted by atomic mass is 10.0. The first-order chi connectivity index (χ1) is 14.0. The maximum atomic E-state index is 14.1. The molecule has 1 saturated heterocycles. The molecule has 9 heteroatoms. The Bertz CT molecular complexity index is 1110. The lowest BCUT2D eigenvalue weighted by Gasteiger charge is -2.22. The predicted molar refractivity (Wildman–Crippen MR) is 109 cm³/mol. The Morgan fingerprint density at radius 2 is 2.21 bits per heavy atom. The Labute approximate surface area is 171 Å². The van der Waals surface area contributed by atoms with Gasteiger partial charge in [-0.05, 0) is 44.2 Å². The maximum absolute atomic E-state index is 14.1. The van der Waals surface area contributed by atoms with Crippen molar-refractivity contribution in [1.29, 1.82) is 0 Å². The summed E-state index contributed by atoms with van der Waals surface area (Å²) in [6.45, 7) is 4.41. The number of nitrogens with zero attached hydrogens (tertiary/aromatic N) is 5. The van der Waals surface area contributed by atoms with Crippen LogP contribution in [0.4, 0.5) is 9.52 Å². The van der Waals surface area contributed by atoms with Crippen molar-refractivity contribution in [3.8, 4) is 0 Å². The molecule has 0 aromatic carbocycles. The molecule has 0 radical (unpaired) electrons. The predicted octanol–water partition coefficient (Wildman–Crippen LogP) is 2.73. The van der Waals surface area contributed by atoms with Gasteiger partial charge in [-0.15, -0.1) is 5.10 Å². The molecular formula is C20H22FN5O2S. The molecule has 0 bridgehead atoms. The monoisotopic (exact) mass is 415 g/mol. The van der Waals surface area contributed by atoms with E-state index < -0.39 is 11.4 Å². The highest BCUT2D eigenvalue weighted by atomic mass is 32.1. The first-order valence-corrected chi connectivity index (χ1v) is 10.6. The van der Waals surface area contributed by atoms with E-state index in [2.05, 4.69) is 15.1 Å². The molecule has 3 aromatic rings. The van der Waals surface area contributed by atoms with Crippen LogP contribution in [-0.2, 0) is 17.6 Å². The number of halogens is 1. The van der Waals surface area contributed by atoms with Crippen LogP contribution in [-0.4, -0.2) is 38.0 Å². The molecule has 0 amide bonds. The number of fused-ring (bicyclic) bond motifs is 1. The van der Waals surface area contributed by atoms with Gasteiger partial charge in [-0.25, -0.2) is 4.98 Å². The third-order valence-electron chi connectivity index (χ3n) is 5.22. The molecule has 1 aliphatic heterocycles. The van der Waals surface area contributed by atoms with Crippen molar-refractivity contribution in [2.75, 3.05) is 11.4 Å². The number of hydrogen-bond donors (Lipinski definition) is 0. The topological polar surface area (TPSA) is 80.5 Å². The standard InChI is InChI=1S/C20H22FN5O2S/c1-3-14-17(21)18(28)26-19(23-14)29-20(24-26)25-10-4-5-15(25)16(27)9-8-13-7-6-12(2)11-22-13/h6-7,11,15H,3-5,8-10H2,1-2H3/t15-/m1/s1. The molecule has 29 heavy (non-hydrogen) atoms. The molecular weight excluding hydrogens is 393 g/mol. The minimum absolute atomic E-state index is 0.130. The van der Waals surface area contributed by atoms with Crippen molar-refractivity contribution >= 4 is 27.2 Å². The largest absolute Gasteiger partial charge is 0.337 e. The second kappa shape index (κ2) is 7.98. The lowest BCUT2D eigenvalue weighted by molar-refractivity contribution is -0.120. The van der Waals surface area contributed by atoms with Gasteiger partial charge in [-0.1, -0.05) is 24.3 Å². The maximum Gasteiger partial charge on any atom is 0.311 e. The van der Waals surface area contributed by atoms with Gasteiger partial charge in [0.25, 0.3) is 0 Å². The molecule has 152 valence electrons. The minimum Gasteiger partial charge on any atom is -0.337 e. The van der Waals surface area contributed by atoms with Gasteiger partial charge in [0.15, 0.2) is 5.78 Å². The first kappa shape index (κ1) is 19.6. The Kier molecular flexibility index (Phi) is 5.40. The van der Waals surface area contributed by atoms with Crippen LogP contribution in [0.1, 0.15) is 43.1 Å². The smallest absolute Gasteiger partial charge is 0.311 e. The molecule has 1 aliphatic rings. The van der Waals surface area contributed by atoms with Crippen LogP contribution in [0.15, 0.2) is 23.1 Å². The summed E-state index contributed by atoms with van der Waals surface area (Å²) < 4.78 is 15.1. The van der Waals surface area contributed by atoms with Crippen LogP contribution in [0.25, 0.3) is 4.96 Å². The van der Waals surface area contributed by atoms with E-state index in [-0.39, 0.29) is 17.5 Å². The van der Waals surface area contributed by atoms with Crippen LogP contribution in [0.2, 0.25) is 0 Å². The molecule has 1 atom stereocenters. The van der Waals surface area contributed by atoms with Gasteiger partial charge in [-0.3, -0.25) is 14.6 Å². The molecule has 1 fully saturated rings. The van der Waals surface area contributed by atoms with E-state index in [4.69, 9.17) is 0 Å². The van der Waals surface area contributed by atoms with E-state index in [1.807, 2.05) is 24.0 Å². The van der Waals surface area contributed by atoms with E-state index >= 15 is 0 Å². The van der Waals surface area contributed by atoms with Gasteiger partial charge < -0.3 is 4.90 Å². The average Bonchev–Trinajstić information content (AvgIpc) is 3.37. The zero-order valence-corrected chi connectivity index (χ0v) is 17.2. The first-order valence-electron chi connectivity index (χ1n) is 9.77. The third-order valence-corrected chi connectivity index (χ3v) is 6.16. The Morgan fingerprint density at radius 1 is 1.38 bits per heavy atom. The minimum atomic E-state index is -0.860. The second-order valence-corrected chi connectivity index (χ2v) is 8.19. The summed E-state index contributed by atoms with van der Waals surface area (Å²) in [6.07, 6.45) is 4.74. The zero-order valence-electron chi connectivity index (χ0n) is 16.4. The summed E-state index contributed by atoms with van der Waals surface area (Å²) in [6, 6.07) is 3.65. The number of carbonyl (C=O) groups is 1. The summed E-state index contributed by atoms with van der Waals surface area (Å²) in [5.41, 5.74) is 1.34. The summed E-state index contributed by atoms with van der Waals surface area (Å²) in [5.74, 6) is -0.730. The number of ketones is 1. The van der Waals surface area contributed by atoms with Crippen LogP contribution < -0.4 is 10.5 Å². The summed E-state index contributed by atoms with van der Waals surface area (Å²) >= 11 is 1.22. The van der Waals surface area contributed by atoms with Crippen LogP contribution in [0, 0.1) is 12.7 Å². The van der Waals surface area contributed by atoms with Gasteiger partial charge in [-0.2, -0.15) is 8.91 Å². The molecule has 0 N–H and O–H groups in total. The number of pyridine rings is 1. The van der Waals surface area contributed by atoms with Gasteiger partial charge in [0, 0.05) is 24.9 Å². The fourth-order valence-corrected chi connectivity index (χ4v) is 4.59. The third kappa shape index (κ3) is 3.78. The zero-order chi connectivity index (χ0) is 20.5. The molecule has 0 spiro atoms. The van der Waals surface area contributed by atoms with E-state index in [1.54, 1.807) is 13.1 Å². The lowest BCUT2D eigenvalue weighted by Crippen LogP contribution is -2.36. The van der Waals surface area contributed by atoms with E-state index in [9.17, 15) is 14.0 Å². The number of carbonyl (C=O) groups excluding carboxylic acids is 1. The molecule has 0 unspecified atom stereocenters.